The summed E-state index contributed by atoms with van der Waals surface area (Å²) in [7, 11) is 0. The summed E-state index contributed by atoms with van der Waals surface area (Å²) in [5.41, 5.74) is 3.91. The molecule has 5 heteroatoms. The van der Waals surface area contributed by atoms with Crippen molar-refractivity contribution in [2.45, 2.75) is 0 Å². The van der Waals surface area contributed by atoms with Gasteiger partial charge in [-0.25, -0.2) is 0 Å². The maximum absolute atomic E-state index is 5.96. The second-order valence-corrected chi connectivity index (χ2v) is 4.97. The Morgan fingerprint density at radius 1 is 0.950 bits per heavy atom. The van der Waals surface area contributed by atoms with Crippen LogP contribution in [0.25, 0.3) is 27.7 Å². The maximum Gasteiger partial charge on any atom is 0.180 e. The van der Waals surface area contributed by atoms with Crippen molar-refractivity contribution in [2.24, 2.45) is 0 Å². The molecular formula is C15H9ClN4. The van der Waals surface area contributed by atoms with Crippen LogP contribution in [-0.2, 0) is 0 Å². The highest BCUT2D eigenvalue weighted by Crippen LogP contribution is 2.30. The predicted octanol–water partition coefficient (Wildman–Crippen LogP) is 3.60. The number of nitrogens with zero attached hydrogens (tertiary/aromatic N) is 4. The van der Waals surface area contributed by atoms with Gasteiger partial charge in [0.15, 0.2) is 5.65 Å². The standard InChI is InChI=1S/C15H9ClN4/c16-11-7-5-10(6-8-11)13-9-15-17-18-19-20(15)14-4-2-1-3-12(13)14/h1-9H. The van der Waals surface area contributed by atoms with E-state index in [9.17, 15) is 0 Å². The van der Waals surface area contributed by atoms with Gasteiger partial charge in [-0.3, -0.25) is 0 Å². The van der Waals surface area contributed by atoms with Crippen LogP contribution in [0.5, 0.6) is 0 Å². The van der Waals surface area contributed by atoms with Gasteiger partial charge in [0.25, 0.3) is 0 Å². The van der Waals surface area contributed by atoms with E-state index in [4.69, 9.17) is 11.6 Å². The molecule has 20 heavy (non-hydrogen) atoms. The zero-order chi connectivity index (χ0) is 13.5. The molecule has 2 aromatic heterocycles. The van der Waals surface area contributed by atoms with E-state index in [2.05, 4.69) is 21.6 Å². The summed E-state index contributed by atoms with van der Waals surface area (Å²) in [6.07, 6.45) is 0. The van der Waals surface area contributed by atoms with Gasteiger partial charge in [0.05, 0.1) is 5.52 Å². The SMILES string of the molecule is Clc1ccc(-c2cc3nnnn3c3ccccc23)cc1. The van der Waals surface area contributed by atoms with Crippen molar-refractivity contribution < 1.29 is 0 Å². The minimum atomic E-state index is 0.725. The van der Waals surface area contributed by atoms with Crippen LogP contribution in [0.15, 0.2) is 54.6 Å². The van der Waals surface area contributed by atoms with E-state index in [1.807, 2.05) is 48.5 Å². The highest BCUT2D eigenvalue weighted by molar-refractivity contribution is 6.30. The molecule has 0 amide bonds. The second kappa shape index (κ2) is 4.28. The molecule has 0 spiro atoms. The number of para-hydroxylation sites is 1. The van der Waals surface area contributed by atoms with E-state index < -0.39 is 0 Å². The molecule has 0 bridgehead atoms. The Hall–Kier alpha value is -2.46. The van der Waals surface area contributed by atoms with Gasteiger partial charge in [-0.1, -0.05) is 41.9 Å². The third-order valence-electron chi connectivity index (χ3n) is 3.34. The van der Waals surface area contributed by atoms with E-state index in [0.717, 1.165) is 32.7 Å². The Morgan fingerprint density at radius 2 is 1.75 bits per heavy atom. The topological polar surface area (TPSA) is 43.1 Å². The van der Waals surface area contributed by atoms with Gasteiger partial charge in [0.2, 0.25) is 0 Å². The third kappa shape index (κ3) is 1.66. The first-order valence-electron chi connectivity index (χ1n) is 6.19. The Labute approximate surface area is 119 Å². The van der Waals surface area contributed by atoms with Crippen molar-refractivity contribution in [3.8, 4) is 11.1 Å². The van der Waals surface area contributed by atoms with E-state index in [1.165, 1.54) is 0 Å². The summed E-state index contributed by atoms with van der Waals surface area (Å²) in [6.45, 7) is 0. The predicted molar refractivity (Wildman–Crippen MR) is 78.7 cm³/mol. The molecule has 0 saturated heterocycles. The smallest absolute Gasteiger partial charge is 0.180 e. The van der Waals surface area contributed by atoms with Crippen molar-refractivity contribution in [3.05, 3.63) is 59.6 Å². The fourth-order valence-electron chi connectivity index (χ4n) is 2.42. The van der Waals surface area contributed by atoms with Crippen LogP contribution in [0.4, 0.5) is 0 Å². The fourth-order valence-corrected chi connectivity index (χ4v) is 2.54. The van der Waals surface area contributed by atoms with Crippen molar-refractivity contribution >= 4 is 28.2 Å². The first-order valence-corrected chi connectivity index (χ1v) is 6.56. The highest BCUT2D eigenvalue weighted by Gasteiger charge is 2.09. The molecule has 2 heterocycles. The van der Waals surface area contributed by atoms with E-state index >= 15 is 0 Å². The molecule has 96 valence electrons. The molecule has 0 atom stereocenters. The fraction of sp³-hybridized carbons (Fsp3) is 0. The number of rotatable bonds is 1. The van der Waals surface area contributed by atoms with Crippen LogP contribution in [-0.4, -0.2) is 20.0 Å². The molecule has 0 radical (unpaired) electrons. The zero-order valence-corrected chi connectivity index (χ0v) is 11.1. The van der Waals surface area contributed by atoms with Crippen LogP contribution < -0.4 is 0 Å². The molecular weight excluding hydrogens is 272 g/mol. The first-order chi connectivity index (χ1) is 9.83. The van der Waals surface area contributed by atoms with Crippen molar-refractivity contribution in [3.63, 3.8) is 0 Å². The van der Waals surface area contributed by atoms with Crippen molar-refractivity contribution in [2.75, 3.05) is 0 Å². The van der Waals surface area contributed by atoms with Gasteiger partial charge in [-0.15, -0.1) is 5.10 Å². The minimum absolute atomic E-state index is 0.725. The zero-order valence-electron chi connectivity index (χ0n) is 10.4. The van der Waals surface area contributed by atoms with Gasteiger partial charge < -0.3 is 0 Å². The van der Waals surface area contributed by atoms with Crippen LogP contribution in [0, 0.1) is 0 Å². The molecule has 4 aromatic rings. The monoisotopic (exact) mass is 280 g/mol. The number of hydrogen-bond acceptors (Lipinski definition) is 3. The molecule has 0 aliphatic rings. The highest BCUT2D eigenvalue weighted by atomic mass is 35.5. The Morgan fingerprint density at radius 3 is 2.60 bits per heavy atom. The first kappa shape index (κ1) is 11.4. The number of tetrazole rings is 1. The summed E-state index contributed by atoms with van der Waals surface area (Å²) < 4.78 is 1.74. The molecule has 0 unspecified atom stereocenters. The van der Waals surface area contributed by atoms with E-state index in [-0.39, 0.29) is 0 Å². The van der Waals surface area contributed by atoms with Crippen LogP contribution >= 0.6 is 11.6 Å². The number of hydrogen-bond donors (Lipinski definition) is 0. The van der Waals surface area contributed by atoms with Gasteiger partial charge in [-0.2, -0.15) is 4.52 Å². The van der Waals surface area contributed by atoms with Crippen molar-refractivity contribution in [1.29, 1.82) is 0 Å². The summed E-state index contributed by atoms with van der Waals surface area (Å²) in [5, 5.41) is 13.7. The third-order valence-corrected chi connectivity index (χ3v) is 3.60. The summed E-state index contributed by atoms with van der Waals surface area (Å²) >= 11 is 5.96. The van der Waals surface area contributed by atoms with Crippen LogP contribution in [0.1, 0.15) is 0 Å². The molecule has 0 N–H and O–H groups in total. The lowest BCUT2D eigenvalue weighted by molar-refractivity contribution is 0.842. The number of benzene rings is 2. The van der Waals surface area contributed by atoms with Crippen LogP contribution in [0.2, 0.25) is 5.02 Å². The van der Waals surface area contributed by atoms with E-state index in [1.54, 1.807) is 4.52 Å². The second-order valence-electron chi connectivity index (χ2n) is 4.53. The summed E-state index contributed by atoms with van der Waals surface area (Å²) in [6, 6.07) is 17.8. The molecule has 0 saturated carbocycles. The lowest BCUT2D eigenvalue weighted by Crippen LogP contribution is -1.93. The van der Waals surface area contributed by atoms with E-state index in [0.29, 0.717) is 0 Å². The number of fused-ring (bicyclic) bond motifs is 3. The number of aromatic nitrogens is 4. The molecule has 0 fully saturated rings. The number of halogens is 1. The molecule has 2 aromatic carbocycles. The van der Waals surface area contributed by atoms with Gasteiger partial charge in [-0.05, 0) is 45.8 Å². The van der Waals surface area contributed by atoms with Gasteiger partial charge in [0.1, 0.15) is 0 Å². The number of pyridine rings is 1. The van der Waals surface area contributed by atoms with Crippen molar-refractivity contribution in [1.82, 2.24) is 20.0 Å². The molecule has 4 nitrogen and oxygen atoms in total. The molecule has 0 aliphatic carbocycles. The van der Waals surface area contributed by atoms with Gasteiger partial charge >= 0.3 is 0 Å². The minimum Gasteiger partial charge on any atom is -0.193 e. The largest absolute Gasteiger partial charge is 0.193 e. The lowest BCUT2D eigenvalue weighted by Gasteiger charge is -2.08. The normalized spacial score (nSPS) is 11.2. The Bertz CT molecular complexity index is 912. The average Bonchev–Trinajstić information content (AvgIpc) is 2.96. The Balaban J connectivity index is 2.13. The quantitative estimate of drug-likeness (QED) is 0.535. The lowest BCUT2D eigenvalue weighted by atomic mass is 10.0. The molecule has 4 rings (SSSR count). The average molecular weight is 281 g/mol. The maximum atomic E-state index is 5.96. The van der Waals surface area contributed by atoms with Gasteiger partial charge in [0, 0.05) is 10.4 Å². The summed E-state index contributed by atoms with van der Waals surface area (Å²) in [5.74, 6) is 0. The Kier molecular flexibility index (Phi) is 2.44. The molecule has 0 aliphatic heterocycles. The summed E-state index contributed by atoms with van der Waals surface area (Å²) in [4.78, 5) is 0. The van der Waals surface area contributed by atoms with Crippen LogP contribution in [0.3, 0.4) is 0 Å².